The SMILES string of the molecule is CCOC(C)=N.COc1ccc(C(F)(F)F)cc1NC(=O)NCCc1ccc(N)c(N)c1. The lowest BCUT2D eigenvalue weighted by molar-refractivity contribution is -0.137. The molecule has 8 nitrogen and oxygen atoms in total. The third-order valence-electron chi connectivity index (χ3n) is 3.99. The van der Waals surface area contributed by atoms with Crippen LogP contribution in [0.2, 0.25) is 0 Å². The lowest BCUT2D eigenvalue weighted by Crippen LogP contribution is -2.30. The molecular weight excluding hydrogens is 427 g/mol. The maximum atomic E-state index is 12.8. The quantitative estimate of drug-likeness (QED) is 0.252. The minimum absolute atomic E-state index is 0.0726. The van der Waals surface area contributed by atoms with Crippen molar-refractivity contribution in [2.75, 3.05) is 37.0 Å². The van der Waals surface area contributed by atoms with Gasteiger partial charge in [0.15, 0.2) is 5.90 Å². The molecule has 0 saturated heterocycles. The molecule has 0 saturated carbocycles. The molecule has 0 unspecified atom stereocenters. The molecule has 0 spiro atoms. The van der Waals surface area contributed by atoms with E-state index in [2.05, 4.69) is 15.4 Å². The number of nitrogen functional groups attached to an aromatic ring is 2. The number of anilines is 3. The number of methoxy groups -OCH3 is 1. The first-order valence-corrected chi connectivity index (χ1v) is 9.59. The molecule has 0 aromatic heterocycles. The van der Waals surface area contributed by atoms with E-state index in [9.17, 15) is 18.0 Å². The molecule has 0 aliphatic carbocycles. The summed E-state index contributed by atoms with van der Waals surface area (Å²) >= 11 is 0. The molecule has 176 valence electrons. The van der Waals surface area contributed by atoms with Crippen LogP contribution in [0.4, 0.5) is 35.0 Å². The molecule has 2 rings (SSSR count). The van der Waals surface area contributed by atoms with Crippen LogP contribution < -0.4 is 26.8 Å². The van der Waals surface area contributed by atoms with Crippen LogP contribution in [-0.4, -0.2) is 32.2 Å². The van der Waals surface area contributed by atoms with Crippen LogP contribution in [-0.2, 0) is 17.3 Å². The van der Waals surface area contributed by atoms with Gasteiger partial charge in [-0.2, -0.15) is 13.2 Å². The molecule has 0 bridgehead atoms. The highest BCUT2D eigenvalue weighted by atomic mass is 19.4. The van der Waals surface area contributed by atoms with Crippen LogP contribution in [0.25, 0.3) is 0 Å². The van der Waals surface area contributed by atoms with E-state index >= 15 is 0 Å². The summed E-state index contributed by atoms with van der Waals surface area (Å²) in [7, 11) is 1.30. The second-order valence-electron chi connectivity index (χ2n) is 6.50. The van der Waals surface area contributed by atoms with E-state index in [1.807, 2.05) is 6.92 Å². The smallest absolute Gasteiger partial charge is 0.416 e. The zero-order valence-electron chi connectivity index (χ0n) is 18.1. The normalized spacial score (nSPS) is 10.4. The Hall–Kier alpha value is -3.63. The highest BCUT2D eigenvalue weighted by Crippen LogP contribution is 2.34. The molecule has 32 heavy (non-hydrogen) atoms. The first kappa shape index (κ1) is 26.4. The van der Waals surface area contributed by atoms with Crippen molar-refractivity contribution in [3.05, 3.63) is 47.5 Å². The van der Waals surface area contributed by atoms with Crippen LogP contribution in [0.15, 0.2) is 36.4 Å². The number of carbonyl (C=O) groups excluding carboxylic acids is 1. The van der Waals surface area contributed by atoms with Crippen molar-refractivity contribution in [1.82, 2.24) is 5.32 Å². The number of urea groups is 1. The summed E-state index contributed by atoms with van der Waals surface area (Å²) in [6, 6.07) is 7.35. The third-order valence-corrected chi connectivity index (χ3v) is 3.99. The van der Waals surface area contributed by atoms with Crippen molar-refractivity contribution in [2.24, 2.45) is 0 Å². The van der Waals surface area contributed by atoms with Gasteiger partial charge < -0.3 is 31.6 Å². The molecule has 2 aromatic carbocycles. The molecule has 0 heterocycles. The summed E-state index contributed by atoms with van der Waals surface area (Å²) in [5.74, 6) is 0.414. The molecule has 2 aromatic rings. The maximum Gasteiger partial charge on any atom is 0.416 e. The van der Waals surface area contributed by atoms with Gasteiger partial charge in [0, 0.05) is 13.5 Å². The van der Waals surface area contributed by atoms with Crippen molar-refractivity contribution in [3.63, 3.8) is 0 Å². The summed E-state index contributed by atoms with van der Waals surface area (Å²) in [5.41, 5.74) is 12.2. The summed E-state index contributed by atoms with van der Waals surface area (Å²) in [6.07, 6.45) is -4.04. The van der Waals surface area contributed by atoms with Gasteiger partial charge in [-0.1, -0.05) is 6.07 Å². The van der Waals surface area contributed by atoms with Crippen LogP contribution >= 0.6 is 0 Å². The van der Waals surface area contributed by atoms with Crippen molar-refractivity contribution in [2.45, 2.75) is 26.4 Å². The van der Waals surface area contributed by atoms with E-state index in [4.69, 9.17) is 21.6 Å². The summed E-state index contributed by atoms with van der Waals surface area (Å²) < 4.78 is 48.0. The molecule has 0 radical (unpaired) electrons. The molecule has 0 fully saturated rings. The topological polar surface area (TPSA) is 135 Å². The van der Waals surface area contributed by atoms with Gasteiger partial charge in [-0.3, -0.25) is 5.41 Å². The minimum Gasteiger partial charge on any atom is -0.495 e. The summed E-state index contributed by atoms with van der Waals surface area (Å²) in [6.45, 7) is 4.34. The Labute approximate surface area is 184 Å². The first-order valence-electron chi connectivity index (χ1n) is 9.59. The van der Waals surface area contributed by atoms with Crippen molar-refractivity contribution in [1.29, 1.82) is 5.41 Å². The fraction of sp³-hybridized carbons (Fsp3) is 0.333. The number of hydrogen-bond donors (Lipinski definition) is 5. The van der Waals surface area contributed by atoms with Crippen LogP contribution in [0.5, 0.6) is 5.75 Å². The Kier molecular flexibility index (Phi) is 10.1. The highest BCUT2D eigenvalue weighted by molar-refractivity contribution is 5.91. The Morgan fingerprint density at radius 1 is 1.12 bits per heavy atom. The molecule has 7 N–H and O–H groups in total. The third kappa shape index (κ3) is 9.02. The fourth-order valence-corrected chi connectivity index (χ4v) is 2.47. The van der Waals surface area contributed by atoms with Crippen LogP contribution in [0.3, 0.4) is 0 Å². The lowest BCUT2D eigenvalue weighted by atomic mass is 10.1. The standard InChI is InChI=1S/C17H19F3N4O2.C4H9NO/c1-26-15-5-3-11(17(18,19)20)9-14(15)24-16(25)23-7-6-10-2-4-12(21)13(22)8-10;1-3-6-4(2)5/h2-5,8-9H,6-7,21-22H2,1H3,(H2,23,24,25);5H,3H2,1-2H3. The van der Waals surface area contributed by atoms with Gasteiger partial charge in [0.05, 0.1) is 36.3 Å². The highest BCUT2D eigenvalue weighted by Gasteiger charge is 2.31. The van der Waals surface area contributed by atoms with Gasteiger partial charge >= 0.3 is 12.2 Å². The fourth-order valence-electron chi connectivity index (χ4n) is 2.47. The Morgan fingerprint density at radius 2 is 1.81 bits per heavy atom. The number of ether oxygens (including phenoxy) is 2. The number of hydrogen-bond acceptors (Lipinski definition) is 6. The second kappa shape index (κ2) is 12.3. The predicted octanol–water partition coefficient (Wildman–Crippen LogP) is 4.26. The van der Waals surface area contributed by atoms with E-state index in [0.29, 0.717) is 24.4 Å². The molecule has 2 amide bonds. The van der Waals surface area contributed by atoms with Crippen molar-refractivity contribution >= 4 is 29.0 Å². The van der Waals surface area contributed by atoms with E-state index < -0.39 is 17.8 Å². The van der Waals surface area contributed by atoms with E-state index in [1.165, 1.54) is 7.11 Å². The summed E-state index contributed by atoms with van der Waals surface area (Å²) in [4.78, 5) is 11.9. The number of nitrogens with one attached hydrogen (secondary N) is 3. The predicted molar refractivity (Wildman–Crippen MR) is 119 cm³/mol. The van der Waals surface area contributed by atoms with Gasteiger partial charge in [0.2, 0.25) is 0 Å². The monoisotopic (exact) mass is 455 g/mol. The zero-order chi connectivity index (χ0) is 24.3. The number of nitrogens with two attached hydrogens (primary N) is 2. The van der Waals surface area contributed by atoms with Crippen molar-refractivity contribution in [3.8, 4) is 5.75 Å². The largest absolute Gasteiger partial charge is 0.495 e. The number of halogens is 3. The number of carbonyl (C=O) groups is 1. The maximum absolute atomic E-state index is 12.8. The van der Waals surface area contributed by atoms with E-state index in [-0.39, 0.29) is 23.9 Å². The molecular formula is C21H28F3N5O3. The van der Waals surface area contributed by atoms with Gasteiger partial charge in [0.1, 0.15) is 5.75 Å². The number of benzene rings is 2. The average Bonchev–Trinajstić information content (AvgIpc) is 2.70. The van der Waals surface area contributed by atoms with E-state index in [0.717, 1.165) is 23.8 Å². The molecule has 0 aliphatic rings. The van der Waals surface area contributed by atoms with Crippen LogP contribution in [0.1, 0.15) is 25.0 Å². The second-order valence-corrected chi connectivity index (χ2v) is 6.50. The minimum atomic E-state index is -4.52. The van der Waals surface area contributed by atoms with Crippen LogP contribution in [0, 0.1) is 5.41 Å². The zero-order valence-corrected chi connectivity index (χ0v) is 18.1. The Morgan fingerprint density at radius 3 is 2.31 bits per heavy atom. The molecule has 0 aliphatic heterocycles. The first-order chi connectivity index (χ1) is 15.0. The average molecular weight is 455 g/mol. The lowest BCUT2D eigenvalue weighted by Gasteiger charge is -2.14. The van der Waals surface area contributed by atoms with Gasteiger partial charge in [-0.25, -0.2) is 4.79 Å². The van der Waals surface area contributed by atoms with Gasteiger partial charge in [0.25, 0.3) is 0 Å². The number of alkyl halides is 3. The number of amides is 2. The van der Waals surface area contributed by atoms with Gasteiger partial charge in [-0.15, -0.1) is 0 Å². The Bertz CT molecular complexity index is 920. The van der Waals surface area contributed by atoms with Crippen molar-refractivity contribution < 1.29 is 27.4 Å². The number of rotatable bonds is 6. The van der Waals surface area contributed by atoms with E-state index in [1.54, 1.807) is 25.1 Å². The Balaban J connectivity index is 0.000000751. The molecule has 11 heteroatoms. The van der Waals surface area contributed by atoms with Gasteiger partial charge in [-0.05, 0) is 49.2 Å². The molecule has 0 atom stereocenters. The summed E-state index contributed by atoms with van der Waals surface area (Å²) in [5, 5.41) is 11.6.